The second-order valence-corrected chi connectivity index (χ2v) is 7.33. The summed E-state index contributed by atoms with van der Waals surface area (Å²) >= 11 is 0. The lowest BCUT2D eigenvalue weighted by Gasteiger charge is -2.32. The van der Waals surface area contributed by atoms with Crippen LogP contribution in [0.3, 0.4) is 0 Å². The van der Waals surface area contributed by atoms with Crippen LogP contribution in [0, 0.1) is 0 Å². The summed E-state index contributed by atoms with van der Waals surface area (Å²) in [4.78, 5) is 0. The van der Waals surface area contributed by atoms with E-state index in [9.17, 15) is 0 Å². The normalized spacial score (nSPS) is 19.1. The molecule has 3 aromatic rings. The summed E-state index contributed by atoms with van der Waals surface area (Å²) < 4.78 is 18.3. The molecule has 0 spiro atoms. The quantitative estimate of drug-likeness (QED) is 0.656. The number of fused-ring (bicyclic) bond motifs is 1. The third-order valence-corrected chi connectivity index (χ3v) is 5.22. The fraction of sp³-hybridized carbons (Fsp3) is 0.300. The molecule has 0 amide bonds. The van der Waals surface area contributed by atoms with Gasteiger partial charge in [-0.3, -0.25) is 0 Å². The minimum absolute atomic E-state index is 0.355. The molecular weight excluding hydrogens is 299 g/mol. The molecule has 1 saturated heterocycles. The van der Waals surface area contributed by atoms with Crippen molar-refractivity contribution in [3.8, 4) is 11.3 Å². The monoisotopic (exact) mass is 320 g/mol. The highest BCUT2D eigenvalue weighted by Gasteiger charge is 2.52. The van der Waals surface area contributed by atoms with E-state index in [-0.39, 0.29) is 18.3 Å². The van der Waals surface area contributed by atoms with Gasteiger partial charge in [-0.25, -0.2) is 0 Å². The average Bonchev–Trinajstić information content (AvgIpc) is 3.06. The standard InChI is InChI=1S/C20H21BO3/c1-19(2)20(3,4)24-21(23-19)17-12-8-11-15-16(17)13-22-18(15)14-9-6-5-7-10-14/h5-13H,1-4H3. The molecule has 1 fully saturated rings. The van der Waals surface area contributed by atoms with Crippen molar-refractivity contribution < 1.29 is 13.7 Å². The minimum atomic E-state index is -0.389. The zero-order chi connectivity index (χ0) is 16.9. The minimum Gasteiger partial charge on any atom is -0.463 e. The summed E-state index contributed by atoms with van der Waals surface area (Å²) in [6, 6.07) is 16.3. The Kier molecular flexibility index (Phi) is 3.38. The van der Waals surface area contributed by atoms with E-state index in [1.807, 2.05) is 24.3 Å². The topological polar surface area (TPSA) is 31.6 Å². The van der Waals surface area contributed by atoms with Gasteiger partial charge in [0.1, 0.15) is 5.76 Å². The van der Waals surface area contributed by atoms with Crippen LogP contribution in [0.4, 0.5) is 0 Å². The highest BCUT2D eigenvalue weighted by atomic mass is 16.7. The first-order valence-electron chi connectivity index (χ1n) is 8.30. The Balaban J connectivity index is 1.81. The first kappa shape index (κ1) is 15.5. The van der Waals surface area contributed by atoms with Crippen LogP contribution in [0.2, 0.25) is 0 Å². The van der Waals surface area contributed by atoms with Crippen molar-refractivity contribution in [2.24, 2.45) is 0 Å². The van der Waals surface area contributed by atoms with Crippen molar-refractivity contribution in [3.05, 3.63) is 54.8 Å². The number of hydrogen-bond donors (Lipinski definition) is 0. The number of benzene rings is 2. The zero-order valence-corrected chi connectivity index (χ0v) is 14.5. The number of furan rings is 1. The van der Waals surface area contributed by atoms with E-state index in [0.717, 1.165) is 27.6 Å². The maximum Gasteiger partial charge on any atom is 0.495 e. The molecule has 1 aliphatic rings. The van der Waals surface area contributed by atoms with E-state index in [2.05, 4.69) is 52.0 Å². The average molecular weight is 320 g/mol. The number of rotatable bonds is 2. The molecule has 1 aliphatic heterocycles. The van der Waals surface area contributed by atoms with Gasteiger partial charge < -0.3 is 13.7 Å². The fourth-order valence-electron chi connectivity index (χ4n) is 3.08. The largest absolute Gasteiger partial charge is 0.495 e. The van der Waals surface area contributed by atoms with Crippen molar-refractivity contribution in [1.82, 2.24) is 0 Å². The van der Waals surface area contributed by atoms with Gasteiger partial charge in [-0.1, -0.05) is 48.5 Å². The Morgan fingerprint density at radius 1 is 0.750 bits per heavy atom. The van der Waals surface area contributed by atoms with E-state index in [1.54, 1.807) is 6.26 Å². The Labute approximate surface area is 142 Å². The van der Waals surface area contributed by atoms with Gasteiger partial charge >= 0.3 is 7.12 Å². The van der Waals surface area contributed by atoms with Crippen molar-refractivity contribution in [3.63, 3.8) is 0 Å². The molecular formula is C20H21BO3. The molecule has 4 rings (SSSR count). The maximum absolute atomic E-state index is 6.21. The van der Waals surface area contributed by atoms with Gasteiger partial charge in [0.2, 0.25) is 0 Å². The lowest BCUT2D eigenvalue weighted by atomic mass is 9.76. The van der Waals surface area contributed by atoms with Gasteiger partial charge in [0, 0.05) is 16.3 Å². The first-order chi connectivity index (χ1) is 11.4. The molecule has 0 saturated carbocycles. The first-order valence-corrected chi connectivity index (χ1v) is 8.30. The summed E-state index contributed by atoms with van der Waals surface area (Å²) in [5.74, 6) is 0.879. The Bertz CT molecular complexity index is 864. The van der Waals surface area contributed by atoms with Crippen LogP contribution in [0.1, 0.15) is 27.7 Å². The highest BCUT2D eigenvalue weighted by molar-refractivity contribution is 6.65. The third-order valence-electron chi connectivity index (χ3n) is 5.22. The van der Waals surface area contributed by atoms with Crippen LogP contribution < -0.4 is 5.46 Å². The van der Waals surface area contributed by atoms with Crippen LogP contribution in [0.15, 0.2) is 59.2 Å². The van der Waals surface area contributed by atoms with Crippen molar-refractivity contribution in [1.29, 1.82) is 0 Å². The molecule has 0 atom stereocenters. The fourth-order valence-corrected chi connectivity index (χ4v) is 3.08. The van der Waals surface area contributed by atoms with Gasteiger partial charge in [-0.2, -0.15) is 0 Å². The summed E-state index contributed by atoms with van der Waals surface area (Å²) in [6.45, 7) is 8.27. The molecule has 24 heavy (non-hydrogen) atoms. The van der Waals surface area contributed by atoms with Gasteiger partial charge in [-0.15, -0.1) is 0 Å². The molecule has 3 nitrogen and oxygen atoms in total. The van der Waals surface area contributed by atoms with Crippen LogP contribution in [0.25, 0.3) is 22.1 Å². The number of hydrogen-bond acceptors (Lipinski definition) is 3. The Morgan fingerprint density at radius 2 is 1.42 bits per heavy atom. The second kappa shape index (κ2) is 5.23. The van der Waals surface area contributed by atoms with Gasteiger partial charge in [0.05, 0.1) is 17.5 Å². The van der Waals surface area contributed by atoms with E-state index in [0.29, 0.717) is 0 Å². The summed E-state index contributed by atoms with van der Waals surface area (Å²) in [5, 5.41) is 2.11. The molecule has 0 aliphatic carbocycles. The summed E-state index contributed by atoms with van der Waals surface area (Å²) in [6.07, 6.45) is 1.80. The molecule has 122 valence electrons. The molecule has 0 unspecified atom stereocenters. The molecule has 1 aromatic heterocycles. The van der Waals surface area contributed by atoms with E-state index in [4.69, 9.17) is 13.7 Å². The second-order valence-electron chi connectivity index (χ2n) is 7.33. The molecule has 4 heteroatoms. The SMILES string of the molecule is CC1(C)OB(c2cccc3c(-c4ccccc4)occ23)OC1(C)C. The lowest BCUT2D eigenvalue weighted by Crippen LogP contribution is -2.41. The van der Waals surface area contributed by atoms with Gasteiger partial charge in [0.25, 0.3) is 0 Å². The maximum atomic E-state index is 6.21. The van der Waals surface area contributed by atoms with Crippen LogP contribution in [-0.4, -0.2) is 18.3 Å². The zero-order valence-electron chi connectivity index (χ0n) is 14.5. The molecule has 2 heterocycles. The van der Waals surface area contributed by atoms with Crippen LogP contribution in [0.5, 0.6) is 0 Å². The lowest BCUT2D eigenvalue weighted by molar-refractivity contribution is 0.00578. The predicted octanol–water partition coefficient (Wildman–Crippen LogP) is 4.40. The van der Waals surface area contributed by atoms with E-state index >= 15 is 0 Å². The van der Waals surface area contributed by atoms with Gasteiger partial charge in [-0.05, 0) is 33.2 Å². The molecule has 0 bridgehead atoms. The summed E-state index contributed by atoms with van der Waals surface area (Å²) in [5.41, 5.74) is 1.37. The summed E-state index contributed by atoms with van der Waals surface area (Å²) in [7, 11) is -0.389. The van der Waals surface area contributed by atoms with Crippen molar-refractivity contribution in [2.75, 3.05) is 0 Å². The van der Waals surface area contributed by atoms with E-state index < -0.39 is 0 Å². The molecule has 0 N–H and O–H groups in total. The van der Waals surface area contributed by atoms with Crippen LogP contribution >= 0.6 is 0 Å². The van der Waals surface area contributed by atoms with Gasteiger partial charge in [0.15, 0.2) is 0 Å². The molecule has 0 radical (unpaired) electrons. The van der Waals surface area contributed by atoms with E-state index in [1.165, 1.54) is 0 Å². The van der Waals surface area contributed by atoms with Crippen molar-refractivity contribution >= 4 is 23.4 Å². The smallest absolute Gasteiger partial charge is 0.463 e. The Morgan fingerprint density at radius 3 is 2.08 bits per heavy atom. The molecule has 2 aromatic carbocycles. The van der Waals surface area contributed by atoms with Crippen molar-refractivity contribution in [2.45, 2.75) is 38.9 Å². The predicted molar refractivity (Wildman–Crippen MR) is 97.4 cm³/mol. The van der Waals surface area contributed by atoms with Crippen LogP contribution in [-0.2, 0) is 9.31 Å². The third kappa shape index (κ3) is 2.29. The highest BCUT2D eigenvalue weighted by Crippen LogP contribution is 2.38. The Hall–Kier alpha value is -2.04.